The Morgan fingerprint density at radius 3 is 2.45 bits per heavy atom. The first-order chi connectivity index (χ1) is 15.5. The second-order valence-electron chi connectivity index (χ2n) is 9.30. The zero-order valence-electron chi connectivity index (χ0n) is 19.7. The molecule has 1 saturated heterocycles. The molecule has 0 bridgehead atoms. The van der Waals surface area contributed by atoms with E-state index in [0.717, 1.165) is 11.3 Å². The van der Waals surface area contributed by atoms with E-state index in [9.17, 15) is 14.4 Å². The van der Waals surface area contributed by atoms with Crippen molar-refractivity contribution in [3.05, 3.63) is 59.2 Å². The highest BCUT2D eigenvalue weighted by Crippen LogP contribution is 2.33. The number of anilines is 2. The third-order valence-electron chi connectivity index (χ3n) is 5.05. The summed E-state index contributed by atoms with van der Waals surface area (Å²) in [5, 5.41) is 11.8. The SMILES string of the molecule is CC(C)NC(=O)c1ccccc1Nc1ccc(C(=O)/N=C2\NCCC(=O)N2)cc1C(C)(C)C. The van der Waals surface area contributed by atoms with Gasteiger partial charge in [0.15, 0.2) is 0 Å². The third kappa shape index (κ3) is 6.19. The number of nitrogens with one attached hydrogen (secondary N) is 4. The standard InChI is InChI=1S/C25H31N5O3/c1-15(2)27-23(33)17-8-6-7-9-19(17)28-20-11-10-16(14-18(20)25(3,4)5)22(32)30-24-26-13-12-21(31)29-24/h6-11,14-15,28H,12-13H2,1-5H3,(H,27,33)(H2,26,29,30,31,32). The van der Waals surface area contributed by atoms with Gasteiger partial charge in [-0.15, -0.1) is 0 Å². The van der Waals surface area contributed by atoms with Crippen molar-refractivity contribution in [3.63, 3.8) is 0 Å². The van der Waals surface area contributed by atoms with Gasteiger partial charge in [-0.3, -0.25) is 19.7 Å². The quantitative estimate of drug-likeness (QED) is 0.559. The van der Waals surface area contributed by atoms with Crippen LogP contribution < -0.4 is 21.3 Å². The van der Waals surface area contributed by atoms with Crippen LogP contribution in [0.1, 0.15) is 67.3 Å². The second-order valence-corrected chi connectivity index (χ2v) is 9.30. The maximum absolute atomic E-state index is 12.8. The summed E-state index contributed by atoms with van der Waals surface area (Å²) in [6.45, 7) is 10.4. The first kappa shape index (κ1) is 24.0. The number of benzene rings is 2. The largest absolute Gasteiger partial charge is 0.355 e. The zero-order valence-corrected chi connectivity index (χ0v) is 19.7. The molecule has 3 rings (SSSR count). The molecule has 1 aliphatic heterocycles. The van der Waals surface area contributed by atoms with Crippen LogP contribution in [-0.2, 0) is 10.2 Å². The van der Waals surface area contributed by atoms with Crippen molar-refractivity contribution in [2.75, 3.05) is 11.9 Å². The van der Waals surface area contributed by atoms with Gasteiger partial charge in [-0.05, 0) is 55.2 Å². The minimum absolute atomic E-state index is 0.0195. The van der Waals surface area contributed by atoms with Gasteiger partial charge in [-0.1, -0.05) is 32.9 Å². The van der Waals surface area contributed by atoms with E-state index in [4.69, 9.17) is 0 Å². The highest BCUT2D eigenvalue weighted by molar-refractivity contribution is 6.08. The van der Waals surface area contributed by atoms with E-state index in [1.165, 1.54) is 0 Å². The highest BCUT2D eigenvalue weighted by atomic mass is 16.2. The molecule has 174 valence electrons. The number of amides is 3. The molecule has 1 fully saturated rings. The van der Waals surface area contributed by atoms with Crippen LogP contribution in [0.2, 0.25) is 0 Å². The van der Waals surface area contributed by atoms with Crippen molar-refractivity contribution in [3.8, 4) is 0 Å². The Labute approximate surface area is 194 Å². The number of hydrogen-bond donors (Lipinski definition) is 4. The first-order valence-electron chi connectivity index (χ1n) is 11.0. The van der Waals surface area contributed by atoms with E-state index >= 15 is 0 Å². The van der Waals surface area contributed by atoms with Crippen LogP contribution in [0.3, 0.4) is 0 Å². The fourth-order valence-corrected chi connectivity index (χ4v) is 3.45. The summed E-state index contributed by atoms with van der Waals surface area (Å²) in [6.07, 6.45) is 0.346. The topological polar surface area (TPSA) is 112 Å². The lowest BCUT2D eigenvalue weighted by Crippen LogP contribution is -2.48. The predicted molar refractivity (Wildman–Crippen MR) is 130 cm³/mol. The maximum Gasteiger partial charge on any atom is 0.280 e. The predicted octanol–water partition coefficient (Wildman–Crippen LogP) is 3.47. The number of para-hydroxylation sites is 1. The van der Waals surface area contributed by atoms with Crippen molar-refractivity contribution in [1.29, 1.82) is 0 Å². The van der Waals surface area contributed by atoms with E-state index in [2.05, 4.69) is 26.3 Å². The monoisotopic (exact) mass is 449 g/mol. The summed E-state index contributed by atoms with van der Waals surface area (Å²) in [5.41, 5.74) is 3.02. The number of carbonyl (C=O) groups is 3. The van der Waals surface area contributed by atoms with Gasteiger partial charge >= 0.3 is 0 Å². The molecular weight excluding hydrogens is 418 g/mol. The molecule has 8 heteroatoms. The number of guanidine groups is 1. The number of rotatable bonds is 5. The van der Waals surface area contributed by atoms with Crippen LogP contribution in [0.25, 0.3) is 0 Å². The Hall–Kier alpha value is -3.68. The van der Waals surface area contributed by atoms with Gasteiger partial charge in [0.25, 0.3) is 11.8 Å². The van der Waals surface area contributed by atoms with Crippen molar-refractivity contribution in [1.82, 2.24) is 16.0 Å². The van der Waals surface area contributed by atoms with Crippen LogP contribution in [-0.4, -0.2) is 36.3 Å². The van der Waals surface area contributed by atoms with Gasteiger partial charge in [0.1, 0.15) is 0 Å². The van der Waals surface area contributed by atoms with E-state index in [1.54, 1.807) is 18.2 Å². The molecule has 2 aromatic carbocycles. The number of hydrogen-bond acceptors (Lipinski definition) is 4. The Morgan fingerprint density at radius 2 is 1.79 bits per heavy atom. The van der Waals surface area contributed by atoms with Gasteiger partial charge in [-0.2, -0.15) is 4.99 Å². The van der Waals surface area contributed by atoms with Gasteiger partial charge < -0.3 is 16.0 Å². The van der Waals surface area contributed by atoms with Gasteiger partial charge in [0.05, 0.1) is 11.3 Å². The number of aliphatic imine (C=N–C) groups is 1. The summed E-state index contributed by atoms with van der Waals surface area (Å²) in [7, 11) is 0. The van der Waals surface area contributed by atoms with E-state index in [1.807, 2.05) is 58.9 Å². The Balaban J connectivity index is 1.93. The molecule has 8 nitrogen and oxygen atoms in total. The molecule has 0 saturated carbocycles. The lowest BCUT2D eigenvalue weighted by Gasteiger charge is -2.25. The smallest absolute Gasteiger partial charge is 0.280 e. The van der Waals surface area contributed by atoms with Crippen LogP contribution in [0.4, 0.5) is 11.4 Å². The Bertz CT molecular complexity index is 1100. The van der Waals surface area contributed by atoms with Crippen LogP contribution in [0, 0.1) is 0 Å². The minimum atomic E-state index is -0.450. The Morgan fingerprint density at radius 1 is 1.06 bits per heavy atom. The average molecular weight is 450 g/mol. The fraction of sp³-hybridized carbons (Fsp3) is 0.360. The molecule has 0 radical (unpaired) electrons. The summed E-state index contributed by atoms with van der Waals surface area (Å²) in [4.78, 5) is 41.0. The lowest BCUT2D eigenvalue weighted by molar-refractivity contribution is -0.120. The normalized spacial score (nSPS) is 15.1. The zero-order chi connectivity index (χ0) is 24.2. The van der Waals surface area contributed by atoms with Crippen molar-refractivity contribution >= 4 is 35.1 Å². The maximum atomic E-state index is 12.8. The summed E-state index contributed by atoms with van der Waals surface area (Å²) < 4.78 is 0. The lowest BCUT2D eigenvalue weighted by atomic mass is 9.84. The van der Waals surface area contributed by atoms with Crippen molar-refractivity contribution < 1.29 is 14.4 Å². The fourth-order valence-electron chi connectivity index (χ4n) is 3.45. The molecule has 3 amide bonds. The van der Waals surface area contributed by atoms with E-state index in [0.29, 0.717) is 29.8 Å². The van der Waals surface area contributed by atoms with Gasteiger partial charge in [-0.25, -0.2) is 0 Å². The molecule has 33 heavy (non-hydrogen) atoms. The molecule has 0 aliphatic carbocycles. The van der Waals surface area contributed by atoms with Crippen LogP contribution in [0.5, 0.6) is 0 Å². The molecule has 0 aromatic heterocycles. The van der Waals surface area contributed by atoms with Crippen LogP contribution in [0.15, 0.2) is 47.5 Å². The molecule has 0 spiro atoms. The van der Waals surface area contributed by atoms with Crippen molar-refractivity contribution in [2.45, 2.75) is 52.5 Å². The molecular formula is C25H31N5O3. The molecule has 1 heterocycles. The van der Waals surface area contributed by atoms with E-state index in [-0.39, 0.29) is 29.2 Å². The third-order valence-corrected chi connectivity index (χ3v) is 5.05. The van der Waals surface area contributed by atoms with Gasteiger partial charge in [0.2, 0.25) is 11.9 Å². The minimum Gasteiger partial charge on any atom is -0.355 e. The van der Waals surface area contributed by atoms with Crippen molar-refractivity contribution in [2.24, 2.45) is 4.99 Å². The molecule has 1 aliphatic rings. The Kier molecular flexibility index (Phi) is 7.16. The molecule has 0 atom stereocenters. The molecule has 0 unspecified atom stereocenters. The summed E-state index contributed by atoms with van der Waals surface area (Å²) in [6, 6.07) is 12.6. The van der Waals surface area contributed by atoms with Crippen LogP contribution >= 0.6 is 0 Å². The van der Waals surface area contributed by atoms with E-state index < -0.39 is 5.91 Å². The average Bonchev–Trinajstić information content (AvgIpc) is 2.73. The highest BCUT2D eigenvalue weighted by Gasteiger charge is 2.22. The molecule has 4 N–H and O–H groups in total. The number of nitrogens with zero attached hydrogens (tertiary/aromatic N) is 1. The summed E-state index contributed by atoms with van der Waals surface area (Å²) >= 11 is 0. The second kappa shape index (κ2) is 9.85. The molecule has 2 aromatic rings. The number of carbonyl (C=O) groups excluding carboxylic acids is 3. The summed E-state index contributed by atoms with van der Waals surface area (Å²) in [5.74, 6) is -0.611. The van der Waals surface area contributed by atoms with Gasteiger partial charge in [0, 0.05) is 30.3 Å². The first-order valence-corrected chi connectivity index (χ1v) is 11.0.